The molecule has 2 rings (SSSR count). The van der Waals surface area contributed by atoms with Gasteiger partial charge in [-0.05, 0) is 38.3 Å². The third-order valence-electron chi connectivity index (χ3n) is 3.56. The first kappa shape index (κ1) is 14.7. The number of pyridine rings is 1. The van der Waals surface area contributed by atoms with Crippen LogP contribution in [-0.4, -0.2) is 9.97 Å². The van der Waals surface area contributed by atoms with Gasteiger partial charge in [-0.25, -0.2) is 4.98 Å². The predicted octanol–water partition coefficient (Wildman–Crippen LogP) is 3.48. The van der Waals surface area contributed by atoms with E-state index in [2.05, 4.69) is 42.1 Å². The summed E-state index contributed by atoms with van der Waals surface area (Å²) in [5.74, 6) is 2.07. The quantitative estimate of drug-likeness (QED) is 0.906. The van der Waals surface area contributed by atoms with Crippen LogP contribution < -0.4 is 5.32 Å². The molecule has 2 heterocycles. The molecular weight excluding hydrogens is 250 g/mol. The summed E-state index contributed by atoms with van der Waals surface area (Å²) in [4.78, 5) is 8.93. The van der Waals surface area contributed by atoms with Crippen molar-refractivity contribution in [1.82, 2.24) is 15.3 Å². The van der Waals surface area contributed by atoms with E-state index in [1.165, 1.54) is 5.56 Å². The first-order valence-corrected chi connectivity index (χ1v) is 7.07. The van der Waals surface area contributed by atoms with Crippen molar-refractivity contribution in [3.05, 3.63) is 46.9 Å². The second-order valence-electron chi connectivity index (χ2n) is 5.56. The molecule has 4 nitrogen and oxygen atoms in total. The average molecular weight is 273 g/mol. The Morgan fingerprint density at radius 2 is 2.00 bits per heavy atom. The minimum atomic E-state index is 0.198. The highest BCUT2D eigenvalue weighted by molar-refractivity contribution is 5.21. The molecule has 2 aromatic rings. The van der Waals surface area contributed by atoms with Gasteiger partial charge in [0.25, 0.3) is 0 Å². The maximum Gasteiger partial charge on any atom is 0.208 e. The Bertz CT molecular complexity index is 555. The molecule has 0 aromatic carbocycles. The van der Waals surface area contributed by atoms with Crippen molar-refractivity contribution >= 4 is 0 Å². The number of nitrogens with one attached hydrogen (secondary N) is 1. The van der Waals surface area contributed by atoms with Crippen LogP contribution in [0, 0.1) is 26.7 Å². The van der Waals surface area contributed by atoms with E-state index in [0.717, 1.165) is 23.0 Å². The van der Waals surface area contributed by atoms with Gasteiger partial charge in [-0.1, -0.05) is 19.9 Å². The Kier molecular flexibility index (Phi) is 4.55. The Labute approximate surface area is 120 Å². The molecule has 0 aliphatic heterocycles. The van der Waals surface area contributed by atoms with E-state index in [1.54, 1.807) is 0 Å². The maximum atomic E-state index is 5.62. The highest BCUT2D eigenvalue weighted by Gasteiger charge is 2.19. The van der Waals surface area contributed by atoms with Crippen LogP contribution in [0.5, 0.6) is 0 Å². The monoisotopic (exact) mass is 273 g/mol. The fourth-order valence-electron chi connectivity index (χ4n) is 2.28. The molecule has 0 fully saturated rings. The fourth-order valence-corrected chi connectivity index (χ4v) is 2.28. The summed E-state index contributed by atoms with van der Waals surface area (Å²) in [5, 5.41) is 3.51. The van der Waals surface area contributed by atoms with Gasteiger partial charge in [0, 0.05) is 6.20 Å². The third-order valence-corrected chi connectivity index (χ3v) is 3.56. The molecular formula is C16H23N3O. The topological polar surface area (TPSA) is 51.0 Å². The molecule has 1 atom stereocenters. The number of oxazole rings is 1. The SMILES string of the molecule is Cc1cccnc1[C@H](NCc1nc(C)c(C)o1)C(C)C. The normalized spacial score (nSPS) is 12.9. The summed E-state index contributed by atoms with van der Waals surface area (Å²) in [6, 6.07) is 4.26. The maximum absolute atomic E-state index is 5.62. The smallest absolute Gasteiger partial charge is 0.208 e. The zero-order valence-electron chi connectivity index (χ0n) is 12.9. The van der Waals surface area contributed by atoms with Crippen molar-refractivity contribution in [1.29, 1.82) is 0 Å². The lowest BCUT2D eigenvalue weighted by Crippen LogP contribution is -2.27. The van der Waals surface area contributed by atoms with Gasteiger partial charge in [-0.3, -0.25) is 10.3 Å². The van der Waals surface area contributed by atoms with Gasteiger partial charge in [0.1, 0.15) is 5.76 Å². The van der Waals surface area contributed by atoms with Gasteiger partial charge in [0.05, 0.1) is 24.0 Å². The van der Waals surface area contributed by atoms with Gasteiger partial charge in [0.2, 0.25) is 5.89 Å². The summed E-state index contributed by atoms with van der Waals surface area (Å²) < 4.78 is 5.62. The second-order valence-corrected chi connectivity index (χ2v) is 5.56. The van der Waals surface area contributed by atoms with Crippen LogP contribution in [-0.2, 0) is 6.54 Å². The molecule has 2 aromatic heterocycles. The van der Waals surface area contributed by atoms with Crippen molar-refractivity contribution in [3.63, 3.8) is 0 Å². The molecule has 0 bridgehead atoms. The van der Waals surface area contributed by atoms with E-state index < -0.39 is 0 Å². The molecule has 0 saturated carbocycles. The van der Waals surface area contributed by atoms with E-state index in [-0.39, 0.29) is 6.04 Å². The van der Waals surface area contributed by atoms with Crippen LogP contribution in [0.4, 0.5) is 0 Å². The molecule has 0 aliphatic carbocycles. The first-order chi connectivity index (χ1) is 9.49. The molecule has 0 radical (unpaired) electrons. The highest BCUT2D eigenvalue weighted by atomic mass is 16.4. The lowest BCUT2D eigenvalue weighted by molar-refractivity contribution is 0.367. The van der Waals surface area contributed by atoms with Gasteiger partial charge >= 0.3 is 0 Å². The molecule has 0 unspecified atom stereocenters. The minimum Gasteiger partial charge on any atom is -0.444 e. The second kappa shape index (κ2) is 6.18. The van der Waals surface area contributed by atoms with Crippen molar-refractivity contribution in [2.24, 2.45) is 5.92 Å². The third kappa shape index (κ3) is 3.25. The van der Waals surface area contributed by atoms with Gasteiger partial charge in [0.15, 0.2) is 0 Å². The molecule has 0 amide bonds. The number of hydrogen-bond acceptors (Lipinski definition) is 4. The van der Waals surface area contributed by atoms with Crippen LogP contribution in [0.2, 0.25) is 0 Å². The largest absolute Gasteiger partial charge is 0.444 e. The predicted molar refractivity (Wildman–Crippen MR) is 79.4 cm³/mol. The van der Waals surface area contributed by atoms with E-state index >= 15 is 0 Å². The van der Waals surface area contributed by atoms with Crippen LogP contribution in [0.25, 0.3) is 0 Å². The summed E-state index contributed by atoms with van der Waals surface area (Å²) in [5.41, 5.74) is 3.26. The number of hydrogen-bond donors (Lipinski definition) is 1. The van der Waals surface area contributed by atoms with Gasteiger partial charge in [-0.2, -0.15) is 0 Å². The zero-order valence-corrected chi connectivity index (χ0v) is 12.9. The van der Waals surface area contributed by atoms with E-state index in [1.807, 2.05) is 26.1 Å². The average Bonchev–Trinajstić information content (AvgIpc) is 2.71. The van der Waals surface area contributed by atoms with Crippen molar-refractivity contribution in [2.45, 2.75) is 47.2 Å². The number of rotatable bonds is 5. The first-order valence-electron chi connectivity index (χ1n) is 7.07. The molecule has 4 heteroatoms. The Hall–Kier alpha value is -1.68. The van der Waals surface area contributed by atoms with E-state index in [0.29, 0.717) is 12.5 Å². The van der Waals surface area contributed by atoms with Crippen LogP contribution in [0.1, 0.15) is 48.5 Å². The lowest BCUT2D eigenvalue weighted by Gasteiger charge is -2.22. The van der Waals surface area contributed by atoms with Crippen molar-refractivity contribution < 1.29 is 4.42 Å². The molecule has 1 N–H and O–H groups in total. The summed E-state index contributed by atoms with van der Waals surface area (Å²) in [6.45, 7) is 11.0. The van der Waals surface area contributed by atoms with E-state index in [4.69, 9.17) is 4.42 Å². The molecule has 0 spiro atoms. The lowest BCUT2D eigenvalue weighted by atomic mass is 9.97. The molecule has 0 saturated heterocycles. The summed E-state index contributed by atoms with van der Waals surface area (Å²) >= 11 is 0. The Balaban J connectivity index is 2.13. The summed E-state index contributed by atoms with van der Waals surface area (Å²) in [6.07, 6.45) is 1.85. The molecule has 0 aliphatic rings. The Morgan fingerprint density at radius 3 is 2.55 bits per heavy atom. The number of aryl methyl sites for hydroxylation is 3. The fraction of sp³-hybridized carbons (Fsp3) is 0.500. The van der Waals surface area contributed by atoms with Crippen molar-refractivity contribution in [2.75, 3.05) is 0 Å². The standard InChI is InChI=1S/C16H23N3O/c1-10(2)15(16-11(3)7-6-8-17-16)18-9-14-19-12(4)13(5)20-14/h6-8,10,15,18H,9H2,1-5H3/t15-/m1/s1. The van der Waals surface area contributed by atoms with Crippen molar-refractivity contribution in [3.8, 4) is 0 Å². The number of aromatic nitrogens is 2. The zero-order chi connectivity index (χ0) is 14.7. The minimum absolute atomic E-state index is 0.198. The summed E-state index contributed by atoms with van der Waals surface area (Å²) in [7, 11) is 0. The molecule has 108 valence electrons. The van der Waals surface area contributed by atoms with Crippen LogP contribution >= 0.6 is 0 Å². The van der Waals surface area contributed by atoms with Crippen LogP contribution in [0.15, 0.2) is 22.7 Å². The van der Waals surface area contributed by atoms with Gasteiger partial charge < -0.3 is 4.42 Å². The van der Waals surface area contributed by atoms with Crippen LogP contribution in [0.3, 0.4) is 0 Å². The number of nitrogens with zero attached hydrogens (tertiary/aromatic N) is 2. The Morgan fingerprint density at radius 1 is 1.25 bits per heavy atom. The van der Waals surface area contributed by atoms with E-state index in [9.17, 15) is 0 Å². The molecule has 20 heavy (non-hydrogen) atoms. The van der Waals surface area contributed by atoms with Gasteiger partial charge in [-0.15, -0.1) is 0 Å². The highest BCUT2D eigenvalue weighted by Crippen LogP contribution is 2.23.